The van der Waals surface area contributed by atoms with Gasteiger partial charge in [0.2, 0.25) is 0 Å². The van der Waals surface area contributed by atoms with Crippen LogP contribution in [0, 0.1) is 0 Å². The van der Waals surface area contributed by atoms with Crippen LogP contribution in [0.3, 0.4) is 0 Å². The number of ether oxygens (including phenoxy) is 1. The molecule has 0 unspecified atom stereocenters. The number of hydrogen-bond acceptors (Lipinski definition) is 5. The van der Waals surface area contributed by atoms with Gasteiger partial charge in [-0.15, -0.1) is 13.2 Å². The second kappa shape index (κ2) is 9.57. The maximum atomic E-state index is 12.5. The Morgan fingerprint density at radius 1 is 1.07 bits per heavy atom. The molecule has 0 saturated carbocycles. The Morgan fingerprint density at radius 2 is 1.70 bits per heavy atom. The fraction of sp³-hybridized carbons (Fsp3) is 0.455. The molecule has 1 aliphatic rings. The topological polar surface area (TPSA) is 48.0 Å². The van der Waals surface area contributed by atoms with Gasteiger partial charge in [0.15, 0.2) is 0 Å². The number of phenols is 1. The number of anilines is 1. The zero-order valence-corrected chi connectivity index (χ0v) is 17.2. The standard InChI is InChI=1S/C22H28F3N3O2/c1-3-27(4-2)17-7-10-19(20(29)15-17)21(28-13-11-26-12-14-28)16-5-8-18(9-6-16)30-22(23,24)25/h5-10,15,21,26,29H,3-4,11-14H2,1-2H3/t21-/m1/s1. The van der Waals surface area contributed by atoms with Crippen molar-refractivity contribution in [2.75, 3.05) is 44.2 Å². The molecule has 2 aromatic rings. The summed E-state index contributed by atoms with van der Waals surface area (Å²) in [5.74, 6) is -0.0787. The van der Waals surface area contributed by atoms with Gasteiger partial charge in [-0.3, -0.25) is 4.90 Å². The second-order valence-corrected chi connectivity index (χ2v) is 7.22. The highest BCUT2D eigenvalue weighted by molar-refractivity contribution is 5.55. The Labute approximate surface area is 175 Å². The highest BCUT2D eigenvalue weighted by Crippen LogP contribution is 2.37. The molecule has 30 heavy (non-hydrogen) atoms. The third-order valence-electron chi connectivity index (χ3n) is 5.38. The number of alkyl halides is 3. The van der Waals surface area contributed by atoms with Crippen molar-refractivity contribution in [1.29, 1.82) is 0 Å². The number of nitrogens with zero attached hydrogens (tertiary/aromatic N) is 2. The normalized spacial score (nSPS) is 16.3. The van der Waals surface area contributed by atoms with E-state index in [-0.39, 0.29) is 17.5 Å². The largest absolute Gasteiger partial charge is 0.573 e. The summed E-state index contributed by atoms with van der Waals surface area (Å²) in [6.45, 7) is 8.93. The third kappa shape index (κ3) is 5.37. The lowest BCUT2D eigenvalue weighted by Gasteiger charge is -2.36. The quantitative estimate of drug-likeness (QED) is 0.701. The summed E-state index contributed by atoms with van der Waals surface area (Å²) in [7, 11) is 0. The van der Waals surface area contributed by atoms with E-state index in [1.165, 1.54) is 12.1 Å². The van der Waals surface area contributed by atoms with Crippen LogP contribution < -0.4 is 15.0 Å². The van der Waals surface area contributed by atoms with Gasteiger partial charge >= 0.3 is 6.36 Å². The van der Waals surface area contributed by atoms with Crippen molar-refractivity contribution in [1.82, 2.24) is 10.2 Å². The zero-order chi connectivity index (χ0) is 21.7. The minimum absolute atomic E-state index is 0.179. The van der Waals surface area contributed by atoms with Crippen LogP contribution in [0.4, 0.5) is 18.9 Å². The van der Waals surface area contributed by atoms with Crippen LogP contribution in [0.2, 0.25) is 0 Å². The van der Waals surface area contributed by atoms with Gasteiger partial charge in [-0.1, -0.05) is 18.2 Å². The predicted octanol–water partition coefficient (Wildman–Crippen LogP) is 4.13. The summed E-state index contributed by atoms with van der Waals surface area (Å²) in [6.07, 6.45) is -4.72. The first-order valence-corrected chi connectivity index (χ1v) is 10.2. The Morgan fingerprint density at radius 3 is 2.23 bits per heavy atom. The van der Waals surface area contributed by atoms with Crippen LogP contribution >= 0.6 is 0 Å². The van der Waals surface area contributed by atoms with E-state index in [9.17, 15) is 18.3 Å². The molecule has 1 aliphatic heterocycles. The Bertz CT molecular complexity index is 817. The van der Waals surface area contributed by atoms with Gasteiger partial charge in [-0.05, 0) is 37.6 Å². The molecular formula is C22H28F3N3O2. The van der Waals surface area contributed by atoms with Gasteiger partial charge in [-0.2, -0.15) is 0 Å². The molecule has 1 atom stereocenters. The Balaban J connectivity index is 1.95. The number of phenolic OH excluding ortho intramolecular Hbond substituents is 1. The summed E-state index contributed by atoms with van der Waals surface area (Å²) >= 11 is 0. The van der Waals surface area contributed by atoms with Crippen LogP contribution in [0.15, 0.2) is 42.5 Å². The van der Waals surface area contributed by atoms with E-state index in [2.05, 4.69) is 33.7 Å². The summed E-state index contributed by atoms with van der Waals surface area (Å²) in [5.41, 5.74) is 2.48. The van der Waals surface area contributed by atoms with Crippen molar-refractivity contribution >= 4 is 5.69 Å². The molecule has 2 N–H and O–H groups in total. The number of rotatable bonds is 7. The summed E-state index contributed by atoms with van der Waals surface area (Å²) in [6, 6.07) is 11.3. The molecule has 0 aromatic heterocycles. The minimum Gasteiger partial charge on any atom is -0.508 e. The molecule has 0 amide bonds. The highest BCUT2D eigenvalue weighted by atomic mass is 19.4. The van der Waals surface area contributed by atoms with Crippen LogP contribution in [-0.4, -0.2) is 55.6 Å². The van der Waals surface area contributed by atoms with Crippen molar-refractivity contribution in [3.05, 3.63) is 53.6 Å². The zero-order valence-electron chi connectivity index (χ0n) is 17.2. The molecule has 1 fully saturated rings. The van der Waals surface area contributed by atoms with Gasteiger partial charge in [0, 0.05) is 56.6 Å². The van der Waals surface area contributed by atoms with E-state index in [1.807, 2.05) is 12.1 Å². The number of benzene rings is 2. The number of piperazine rings is 1. The maximum absolute atomic E-state index is 12.5. The molecule has 0 radical (unpaired) electrons. The molecule has 2 aromatic carbocycles. The average molecular weight is 423 g/mol. The lowest BCUT2D eigenvalue weighted by molar-refractivity contribution is -0.274. The van der Waals surface area contributed by atoms with Gasteiger partial charge in [0.1, 0.15) is 11.5 Å². The van der Waals surface area contributed by atoms with Crippen LogP contribution in [-0.2, 0) is 0 Å². The van der Waals surface area contributed by atoms with Gasteiger partial charge in [-0.25, -0.2) is 0 Å². The Hall–Kier alpha value is -2.45. The van der Waals surface area contributed by atoms with Crippen molar-refractivity contribution in [3.63, 3.8) is 0 Å². The molecule has 1 heterocycles. The van der Waals surface area contributed by atoms with E-state index in [0.29, 0.717) is 0 Å². The van der Waals surface area contributed by atoms with Crippen molar-refractivity contribution in [2.45, 2.75) is 26.3 Å². The highest BCUT2D eigenvalue weighted by Gasteiger charge is 2.31. The lowest BCUT2D eigenvalue weighted by atomic mass is 9.95. The van der Waals surface area contributed by atoms with E-state index in [1.54, 1.807) is 18.2 Å². The van der Waals surface area contributed by atoms with Crippen molar-refractivity contribution in [3.8, 4) is 11.5 Å². The first kappa shape index (κ1) is 22.2. The molecule has 0 bridgehead atoms. The first-order valence-electron chi connectivity index (χ1n) is 10.2. The SMILES string of the molecule is CCN(CC)c1ccc([C@@H](c2ccc(OC(F)(F)F)cc2)N2CCNCC2)c(O)c1. The maximum Gasteiger partial charge on any atom is 0.573 e. The smallest absolute Gasteiger partial charge is 0.508 e. The van der Waals surface area contributed by atoms with Gasteiger partial charge < -0.3 is 20.1 Å². The number of hydrogen-bond donors (Lipinski definition) is 2. The molecule has 164 valence electrons. The van der Waals surface area contributed by atoms with Crippen LogP contribution in [0.25, 0.3) is 0 Å². The van der Waals surface area contributed by atoms with E-state index < -0.39 is 6.36 Å². The Kier molecular flexibility index (Phi) is 7.10. The fourth-order valence-electron chi connectivity index (χ4n) is 3.93. The molecule has 5 nitrogen and oxygen atoms in total. The van der Waals surface area contributed by atoms with E-state index in [0.717, 1.165) is 56.1 Å². The second-order valence-electron chi connectivity index (χ2n) is 7.22. The van der Waals surface area contributed by atoms with Crippen LogP contribution in [0.5, 0.6) is 11.5 Å². The first-order chi connectivity index (χ1) is 14.3. The van der Waals surface area contributed by atoms with Crippen molar-refractivity contribution in [2.24, 2.45) is 0 Å². The third-order valence-corrected chi connectivity index (χ3v) is 5.38. The molecule has 0 spiro atoms. The number of nitrogens with one attached hydrogen (secondary N) is 1. The minimum atomic E-state index is -4.72. The molecule has 3 rings (SSSR count). The van der Waals surface area contributed by atoms with E-state index in [4.69, 9.17) is 0 Å². The lowest BCUT2D eigenvalue weighted by Crippen LogP contribution is -2.45. The summed E-state index contributed by atoms with van der Waals surface area (Å²) in [4.78, 5) is 4.37. The summed E-state index contributed by atoms with van der Waals surface area (Å²) in [5, 5.41) is 14.2. The molecule has 1 saturated heterocycles. The monoisotopic (exact) mass is 423 g/mol. The molecule has 0 aliphatic carbocycles. The van der Waals surface area contributed by atoms with Crippen molar-refractivity contribution < 1.29 is 23.0 Å². The fourth-order valence-corrected chi connectivity index (χ4v) is 3.93. The summed E-state index contributed by atoms with van der Waals surface area (Å²) < 4.78 is 41.5. The molecular weight excluding hydrogens is 395 g/mol. The number of aromatic hydroxyl groups is 1. The van der Waals surface area contributed by atoms with Gasteiger partial charge in [0.25, 0.3) is 0 Å². The van der Waals surface area contributed by atoms with Gasteiger partial charge in [0.05, 0.1) is 6.04 Å². The predicted molar refractivity (Wildman–Crippen MR) is 111 cm³/mol. The number of halogens is 3. The van der Waals surface area contributed by atoms with Crippen LogP contribution in [0.1, 0.15) is 31.0 Å². The molecule has 8 heteroatoms. The average Bonchev–Trinajstić information content (AvgIpc) is 2.71. The van der Waals surface area contributed by atoms with E-state index >= 15 is 0 Å².